The fourth-order valence-corrected chi connectivity index (χ4v) is 5.18. The molecular weight excluding hydrogens is 452 g/mol. The van der Waals surface area contributed by atoms with Gasteiger partial charge in [0.1, 0.15) is 0 Å². The number of aromatic nitrogens is 2. The van der Waals surface area contributed by atoms with Crippen molar-refractivity contribution in [3.05, 3.63) is 81.7 Å². The van der Waals surface area contributed by atoms with Crippen molar-refractivity contribution in [2.45, 2.75) is 24.2 Å². The van der Waals surface area contributed by atoms with Crippen LogP contribution in [-0.4, -0.2) is 41.5 Å². The van der Waals surface area contributed by atoms with E-state index in [0.717, 1.165) is 19.3 Å². The minimum atomic E-state index is -3.56. The molecule has 1 N–H and O–H groups in total. The zero-order valence-corrected chi connectivity index (χ0v) is 18.6. The Morgan fingerprint density at radius 1 is 1.00 bits per heavy atom. The number of amides is 1. The highest BCUT2D eigenvalue weighted by atomic mass is 35.5. The number of carbonyl (C=O) groups excluding carboxylic acids is 1. The van der Waals surface area contributed by atoms with Crippen LogP contribution in [0.3, 0.4) is 0 Å². The molecule has 8 nitrogen and oxygen atoms in total. The van der Waals surface area contributed by atoms with Gasteiger partial charge in [0.2, 0.25) is 15.5 Å². The summed E-state index contributed by atoms with van der Waals surface area (Å²) in [7, 11) is -3.56. The van der Waals surface area contributed by atoms with Crippen LogP contribution in [0.4, 0.5) is 5.69 Å². The average molecular weight is 473 g/mol. The van der Waals surface area contributed by atoms with Crippen LogP contribution in [0.25, 0.3) is 5.69 Å². The second-order valence-corrected chi connectivity index (χ2v) is 9.77. The van der Waals surface area contributed by atoms with E-state index in [4.69, 9.17) is 11.6 Å². The van der Waals surface area contributed by atoms with Crippen molar-refractivity contribution < 1.29 is 13.2 Å². The third-order valence-corrected chi connectivity index (χ3v) is 7.31. The van der Waals surface area contributed by atoms with Gasteiger partial charge in [-0.25, -0.2) is 13.1 Å². The third kappa shape index (κ3) is 4.74. The second-order valence-electron chi connectivity index (χ2n) is 7.40. The van der Waals surface area contributed by atoms with Gasteiger partial charge in [-0.15, -0.1) is 0 Å². The Balaban J connectivity index is 1.53. The predicted molar refractivity (Wildman–Crippen MR) is 122 cm³/mol. The van der Waals surface area contributed by atoms with E-state index in [1.807, 2.05) is 0 Å². The minimum absolute atomic E-state index is 0.165. The van der Waals surface area contributed by atoms with Crippen LogP contribution in [0.2, 0.25) is 5.02 Å². The zero-order chi connectivity index (χ0) is 22.7. The number of benzene rings is 2. The van der Waals surface area contributed by atoms with Crippen molar-refractivity contribution in [1.29, 1.82) is 0 Å². The third-order valence-electron chi connectivity index (χ3n) is 5.16. The molecule has 4 rings (SSSR count). The van der Waals surface area contributed by atoms with Crippen molar-refractivity contribution >= 4 is 33.2 Å². The summed E-state index contributed by atoms with van der Waals surface area (Å²) in [6.07, 6.45) is 4.18. The topological polar surface area (TPSA) is 101 Å². The molecule has 10 heteroatoms. The first-order chi connectivity index (χ1) is 15.3. The van der Waals surface area contributed by atoms with E-state index in [-0.39, 0.29) is 10.6 Å². The molecule has 0 aliphatic carbocycles. The molecule has 1 aromatic heterocycles. The molecule has 0 atom stereocenters. The molecule has 0 radical (unpaired) electrons. The summed E-state index contributed by atoms with van der Waals surface area (Å²) in [6.45, 7) is 1.03. The van der Waals surface area contributed by atoms with Crippen LogP contribution in [0.1, 0.15) is 29.8 Å². The fraction of sp³-hybridized carbons (Fsp3) is 0.227. The Hall–Kier alpha value is -3.01. The number of anilines is 1. The summed E-state index contributed by atoms with van der Waals surface area (Å²) in [6, 6.07) is 14.0. The fourth-order valence-electron chi connectivity index (χ4n) is 3.48. The van der Waals surface area contributed by atoms with Gasteiger partial charge in [0.25, 0.3) is 5.91 Å². The largest absolute Gasteiger partial charge is 0.320 e. The summed E-state index contributed by atoms with van der Waals surface area (Å²) < 4.78 is 28.4. The summed E-state index contributed by atoms with van der Waals surface area (Å²) >= 11 is 6.00. The van der Waals surface area contributed by atoms with E-state index < -0.39 is 21.4 Å². The van der Waals surface area contributed by atoms with Crippen LogP contribution >= 0.6 is 11.6 Å². The van der Waals surface area contributed by atoms with Gasteiger partial charge >= 0.3 is 0 Å². The summed E-state index contributed by atoms with van der Waals surface area (Å²) in [5.74, 6) is -0.696. The Morgan fingerprint density at radius 3 is 2.41 bits per heavy atom. The molecule has 1 aliphatic heterocycles. The monoisotopic (exact) mass is 472 g/mol. The lowest BCUT2D eigenvalue weighted by molar-refractivity contribution is 0.101. The SMILES string of the molecule is O=C(Nc1ccc(S(=O)(=O)N2CCCCC2)cc1)c1nn(-c2cccc(Cl)c2)ccc1=O. The van der Waals surface area contributed by atoms with Gasteiger partial charge in [0.05, 0.1) is 10.6 Å². The number of hydrogen-bond acceptors (Lipinski definition) is 5. The lowest BCUT2D eigenvalue weighted by Crippen LogP contribution is -2.35. The Labute approximate surface area is 190 Å². The predicted octanol–water partition coefficient (Wildman–Crippen LogP) is 3.31. The first kappa shape index (κ1) is 22.2. The molecule has 1 fully saturated rings. The van der Waals surface area contributed by atoms with Crippen molar-refractivity contribution in [3.63, 3.8) is 0 Å². The normalized spacial score (nSPS) is 14.8. The Bertz CT molecular complexity index is 1300. The van der Waals surface area contributed by atoms with Crippen LogP contribution in [0.15, 0.2) is 70.5 Å². The van der Waals surface area contributed by atoms with E-state index in [2.05, 4.69) is 10.4 Å². The number of carbonyl (C=O) groups is 1. The van der Waals surface area contributed by atoms with Crippen molar-refractivity contribution in [2.24, 2.45) is 0 Å². The standard InChI is InChI=1S/C22H21ClN4O4S/c23-16-5-4-6-18(15-16)27-14-11-20(28)21(25-27)22(29)24-17-7-9-19(10-8-17)32(30,31)26-12-2-1-3-13-26/h4-11,14-15H,1-3,12-13H2,(H,24,29). The van der Waals surface area contributed by atoms with Crippen molar-refractivity contribution in [2.75, 3.05) is 18.4 Å². The van der Waals surface area contributed by atoms with Gasteiger partial charge < -0.3 is 5.32 Å². The molecule has 0 spiro atoms. The maximum Gasteiger partial charge on any atom is 0.280 e. The maximum atomic E-state index is 12.8. The molecule has 32 heavy (non-hydrogen) atoms. The second kappa shape index (κ2) is 9.23. The van der Waals surface area contributed by atoms with Gasteiger partial charge in [-0.05, 0) is 55.3 Å². The Kier molecular flexibility index (Phi) is 6.40. The minimum Gasteiger partial charge on any atom is -0.320 e. The number of nitrogens with zero attached hydrogens (tertiary/aromatic N) is 3. The Morgan fingerprint density at radius 2 is 1.72 bits per heavy atom. The summed E-state index contributed by atoms with van der Waals surface area (Å²) in [5, 5.41) is 7.22. The van der Waals surface area contributed by atoms with Crippen molar-refractivity contribution in [3.8, 4) is 5.69 Å². The first-order valence-corrected chi connectivity index (χ1v) is 11.9. The number of piperidine rings is 1. The number of hydrogen-bond donors (Lipinski definition) is 1. The smallest absolute Gasteiger partial charge is 0.280 e. The van der Waals surface area contributed by atoms with Crippen LogP contribution < -0.4 is 10.7 Å². The number of halogens is 1. The highest BCUT2D eigenvalue weighted by Crippen LogP contribution is 2.22. The van der Waals surface area contributed by atoms with E-state index in [0.29, 0.717) is 29.5 Å². The lowest BCUT2D eigenvalue weighted by Gasteiger charge is -2.25. The molecule has 2 aromatic carbocycles. The van der Waals surface area contributed by atoms with Gasteiger partial charge in [-0.1, -0.05) is 24.1 Å². The molecule has 0 unspecified atom stereocenters. The highest BCUT2D eigenvalue weighted by molar-refractivity contribution is 7.89. The first-order valence-electron chi connectivity index (χ1n) is 10.1. The van der Waals surface area contributed by atoms with Crippen molar-refractivity contribution in [1.82, 2.24) is 14.1 Å². The van der Waals surface area contributed by atoms with Crippen LogP contribution in [-0.2, 0) is 10.0 Å². The zero-order valence-electron chi connectivity index (χ0n) is 17.1. The van der Waals surface area contributed by atoms with Crippen LogP contribution in [0, 0.1) is 0 Å². The molecular formula is C22H21ClN4O4S. The van der Waals surface area contributed by atoms with Gasteiger partial charge in [-0.3, -0.25) is 9.59 Å². The van der Waals surface area contributed by atoms with E-state index in [1.165, 1.54) is 45.5 Å². The average Bonchev–Trinajstić information content (AvgIpc) is 2.80. The molecule has 2 heterocycles. The number of nitrogens with one attached hydrogen (secondary N) is 1. The van der Waals surface area contributed by atoms with Gasteiger partial charge in [0, 0.05) is 36.1 Å². The van der Waals surface area contributed by atoms with E-state index >= 15 is 0 Å². The quantitative estimate of drug-likeness (QED) is 0.613. The molecule has 1 saturated heterocycles. The van der Waals surface area contributed by atoms with E-state index in [1.54, 1.807) is 24.3 Å². The molecule has 0 bridgehead atoms. The molecule has 166 valence electrons. The molecule has 3 aromatic rings. The highest BCUT2D eigenvalue weighted by Gasteiger charge is 2.25. The number of sulfonamides is 1. The molecule has 1 amide bonds. The van der Waals surface area contributed by atoms with E-state index in [9.17, 15) is 18.0 Å². The molecule has 1 aliphatic rings. The molecule has 0 saturated carbocycles. The lowest BCUT2D eigenvalue weighted by atomic mass is 10.2. The summed E-state index contributed by atoms with van der Waals surface area (Å²) in [5.41, 5.74) is 0.119. The number of rotatable bonds is 5. The van der Waals surface area contributed by atoms with Crippen LogP contribution in [0.5, 0.6) is 0 Å². The summed E-state index contributed by atoms with van der Waals surface area (Å²) in [4.78, 5) is 25.1. The van der Waals surface area contributed by atoms with Gasteiger partial charge in [-0.2, -0.15) is 9.40 Å². The van der Waals surface area contributed by atoms with Gasteiger partial charge in [0.15, 0.2) is 5.69 Å². The maximum absolute atomic E-state index is 12.8.